The second-order valence-corrected chi connectivity index (χ2v) is 6.42. The van der Waals surface area contributed by atoms with Crippen LogP contribution in [0, 0.1) is 0 Å². The van der Waals surface area contributed by atoms with Gasteiger partial charge in [-0.15, -0.1) is 0 Å². The summed E-state index contributed by atoms with van der Waals surface area (Å²) in [4.78, 5) is 12.2. The van der Waals surface area contributed by atoms with E-state index in [-0.39, 0.29) is 11.9 Å². The lowest BCUT2D eigenvalue weighted by Gasteiger charge is -2.13. The standard InChI is InChI=1S/C19H21ClN2O3/c1-13(15-5-2-3-6-16(15)20)21-12-19(23)22-14-7-8-17-18(11-14)25-10-4-9-24-17/h2-3,5-8,11,13,21H,4,9-10,12H2,1H3,(H,22,23)/p+1/t13-/m0/s1. The highest BCUT2D eigenvalue weighted by molar-refractivity contribution is 6.31. The molecule has 5 nitrogen and oxygen atoms in total. The van der Waals surface area contributed by atoms with E-state index < -0.39 is 0 Å². The third-order valence-electron chi connectivity index (χ3n) is 4.08. The number of amides is 1. The Bertz CT molecular complexity index is 751. The van der Waals surface area contributed by atoms with Crippen molar-refractivity contribution >= 4 is 23.2 Å². The van der Waals surface area contributed by atoms with Crippen molar-refractivity contribution < 1.29 is 19.6 Å². The van der Waals surface area contributed by atoms with Crippen molar-refractivity contribution in [1.82, 2.24) is 0 Å². The highest BCUT2D eigenvalue weighted by Crippen LogP contribution is 2.32. The third kappa shape index (κ3) is 4.65. The predicted octanol–water partition coefficient (Wildman–Crippen LogP) is 2.76. The molecular weight excluding hydrogens is 340 g/mol. The molecular formula is C19H22ClN2O3+. The number of hydrogen-bond donors (Lipinski definition) is 2. The van der Waals surface area contributed by atoms with Crippen LogP contribution in [0.4, 0.5) is 5.69 Å². The van der Waals surface area contributed by atoms with Crippen LogP contribution in [-0.4, -0.2) is 25.7 Å². The molecule has 0 saturated carbocycles. The fraction of sp³-hybridized carbons (Fsp3) is 0.316. The van der Waals surface area contributed by atoms with Crippen molar-refractivity contribution in [2.75, 3.05) is 25.1 Å². The first-order valence-electron chi connectivity index (χ1n) is 8.41. The number of fused-ring (bicyclic) bond motifs is 1. The Morgan fingerprint density at radius 3 is 2.76 bits per heavy atom. The van der Waals surface area contributed by atoms with E-state index in [9.17, 15) is 4.79 Å². The highest BCUT2D eigenvalue weighted by Gasteiger charge is 2.15. The number of carbonyl (C=O) groups is 1. The van der Waals surface area contributed by atoms with Crippen LogP contribution in [0.15, 0.2) is 42.5 Å². The van der Waals surface area contributed by atoms with Gasteiger partial charge in [0, 0.05) is 28.8 Å². The number of rotatable bonds is 5. The van der Waals surface area contributed by atoms with E-state index in [1.807, 2.05) is 48.6 Å². The van der Waals surface area contributed by atoms with Gasteiger partial charge in [-0.05, 0) is 25.1 Å². The number of benzene rings is 2. The molecule has 0 aliphatic carbocycles. The summed E-state index contributed by atoms with van der Waals surface area (Å²) in [6.45, 7) is 3.60. The summed E-state index contributed by atoms with van der Waals surface area (Å²) in [7, 11) is 0. The summed E-state index contributed by atoms with van der Waals surface area (Å²) in [5.41, 5.74) is 1.72. The van der Waals surface area contributed by atoms with Gasteiger partial charge in [-0.25, -0.2) is 0 Å². The number of nitrogens with two attached hydrogens (primary N) is 1. The number of anilines is 1. The summed E-state index contributed by atoms with van der Waals surface area (Å²) < 4.78 is 11.2. The molecule has 0 spiro atoms. The fourth-order valence-corrected chi connectivity index (χ4v) is 3.02. The lowest BCUT2D eigenvalue weighted by atomic mass is 10.1. The largest absolute Gasteiger partial charge is 0.490 e. The molecule has 1 atom stereocenters. The number of hydrogen-bond acceptors (Lipinski definition) is 3. The monoisotopic (exact) mass is 361 g/mol. The van der Waals surface area contributed by atoms with Crippen molar-refractivity contribution in [2.24, 2.45) is 0 Å². The van der Waals surface area contributed by atoms with Crippen LogP contribution in [0.5, 0.6) is 11.5 Å². The molecule has 3 N–H and O–H groups in total. The Hall–Kier alpha value is -2.24. The normalized spacial score (nSPS) is 14.5. The van der Waals surface area contributed by atoms with Crippen molar-refractivity contribution in [3.8, 4) is 11.5 Å². The Labute approximate surface area is 152 Å². The molecule has 1 aliphatic heterocycles. The lowest BCUT2D eigenvalue weighted by Crippen LogP contribution is -2.86. The molecule has 1 aliphatic rings. The molecule has 0 bridgehead atoms. The smallest absolute Gasteiger partial charge is 0.279 e. The second-order valence-electron chi connectivity index (χ2n) is 6.01. The fourth-order valence-electron chi connectivity index (χ4n) is 2.71. The van der Waals surface area contributed by atoms with Crippen LogP contribution >= 0.6 is 11.6 Å². The molecule has 132 valence electrons. The zero-order valence-corrected chi connectivity index (χ0v) is 14.9. The summed E-state index contributed by atoms with van der Waals surface area (Å²) >= 11 is 6.20. The quantitative estimate of drug-likeness (QED) is 0.860. The van der Waals surface area contributed by atoms with Crippen LogP contribution in [0.2, 0.25) is 5.02 Å². The van der Waals surface area contributed by atoms with Gasteiger partial charge in [-0.3, -0.25) is 4.79 Å². The van der Waals surface area contributed by atoms with Crippen LogP contribution in [0.1, 0.15) is 24.9 Å². The van der Waals surface area contributed by atoms with E-state index in [1.165, 1.54) is 0 Å². The van der Waals surface area contributed by atoms with Crippen LogP contribution < -0.4 is 20.1 Å². The Balaban J connectivity index is 1.56. The Morgan fingerprint density at radius 1 is 1.20 bits per heavy atom. The van der Waals surface area contributed by atoms with Gasteiger partial charge in [-0.1, -0.05) is 29.8 Å². The highest BCUT2D eigenvalue weighted by atomic mass is 35.5. The molecule has 0 radical (unpaired) electrons. The van der Waals surface area contributed by atoms with E-state index in [2.05, 4.69) is 5.32 Å². The first-order valence-corrected chi connectivity index (χ1v) is 8.78. The van der Waals surface area contributed by atoms with Crippen molar-refractivity contribution in [2.45, 2.75) is 19.4 Å². The van der Waals surface area contributed by atoms with E-state index in [0.29, 0.717) is 31.2 Å². The van der Waals surface area contributed by atoms with Gasteiger partial charge >= 0.3 is 0 Å². The van der Waals surface area contributed by atoms with Gasteiger partial charge in [0.2, 0.25) is 0 Å². The van der Waals surface area contributed by atoms with Crippen molar-refractivity contribution in [3.05, 3.63) is 53.1 Å². The SMILES string of the molecule is C[C@H]([NH2+]CC(=O)Nc1ccc2c(c1)OCCCO2)c1ccccc1Cl. The van der Waals surface area contributed by atoms with Crippen molar-refractivity contribution in [3.63, 3.8) is 0 Å². The maximum Gasteiger partial charge on any atom is 0.279 e. The van der Waals surface area contributed by atoms with Gasteiger partial charge in [0.15, 0.2) is 18.0 Å². The zero-order chi connectivity index (χ0) is 17.6. The molecule has 0 saturated heterocycles. The first-order chi connectivity index (χ1) is 12.1. The number of ether oxygens (including phenoxy) is 2. The maximum atomic E-state index is 12.2. The maximum absolute atomic E-state index is 12.2. The molecule has 2 aromatic rings. The number of quaternary nitrogens is 1. The molecule has 2 aromatic carbocycles. The molecule has 6 heteroatoms. The number of carbonyl (C=O) groups excluding carboxylic acids is 1. The minimum Gasteiger partial charge on any atom is -0.490 e. The van der Waals surface area contributed by atoms with Gasteiger partial charge < -0.3 is 20.1 Å². The molecule has 1 amide bonds. The van der Waals surface area contributed by atoms with Gasteiger partial charge in [0.1, 0.15) is 6.04 Å². The van der Waals surface area contributed by atoms with E-state index in [1.54, 1.807) is 6.07 Å². The van der Waals surface area contributed by atoms with Crippen LogP contribution in [0.3, 0.4) is 0 Å². The molecule has 25 heavy (non-hydrogen) atoms. The van der Waals surface area contributed by atoms with Gasteiger partial charge in [0.25, 0.3) is 5.91 Å². The molecule has 0 unspecified atom stereocenters. The number of nitrogens with one attached hydrogen (secondary N) is 1. The molecule has 3 rings (SSSR count). The average Bonchev–Trinajstić information content (AvgIpc) is 2.85. The van der Waals surface area contributed by atoms with Crippen LogP contribution in [0.25, 0.3) is 0 Å². The van der Waals surface area contributed by atoms with E-state index >= 15 is 0 Å². The Kier molecular flexibility index (Phi) is 5.79. The second kappa shape index (κ2) is 8.23. The van der Waals surface area contributed by atoms with E-state index in [0.717, 1.165) is 22.8 Å². The first kappa shape index (κ1) is 17.6. The topological polar surface area (TPSA) is 64.2 Å². The summed E-state index contributed by atoms with van der Waals surface area (Å²) in [6, 6.07) is 13.2. The minimum absolute atomic E-state index is 0.0756. The summed E-state index contributed by atoms with van der Waals surface area (Å²) in [5, 5.41) is 5.57. The summed E-state index contributed by atoms with van der Waals surface area (Å²) in [5.74, 6) is 1.31. The lowest BCUT2D eigenvalue weighted by molar-refractivity contribution is -0.682. The molecule has 1 heterocycles. The zero-order valence-electron chi connectivity index (χ0n) is 14.1. The predicted molar refractivity (Wildman–Crippen MR) is 97.3 cm³/mol. The molecule has 0 aromatic heterocycles. The average molecular weight is 362 g/mol. The minimum atomic E-state index is -0.0756. The number of halogens is 1. The van der Waals surface area contributed by atoms with Gasteiger partial charge in [0.05, 0.1) is 13.2 Å². The third-order valence-corrected chi connectivity index (χ3v) is 4.43. The van der Waals surface area contributed by atoms with Crippen LogP contribution in [-0.2, 0) is 4.79 Å². The molecule has 0 fully saturated rings. The Morgan fingerprint density at radius 2 is 1.96 bits per heavy atom. The summed E-state index contributed by atoms with van der Waals surface area (Å²) in [6.07, 6.45) is 0.852. The van der Waals surface area contributed by atoms with E-state index in [4.69, 9.17) is 21.1 Å². The van der Waals surface area contributed by atoms with Crippen molar-refractivity contribution in [1.29, 1.82) is 0 Å². The van der Waals surface area contributed by atoms with Gasteiger partial charge in [-0.2, -0.15) is 0 Å².